The van der Waals surface area contributed by atoms with E-state index in [4.69, 9.17) is 9.47 Å². The fourth-order valence-corrected chi connectivity index (χ4v) is 2.13. The van der Waals surface area contributed by atoms with Crippen LogP contribution in [0.5, 0.6) is 11.5 Å². The molecule has 2 amide bonds. The molecule has 2 rings (SSSR count). The molecule has 0 saturated carbocycles. The second-order valence-electron chi connectivity index (χ2n) is 5.69. The van der Waals surface area contributed by atoms with E-state index in [9.17, 15) is 4.79 Å². The standard InChI is InChI=1S/C19H24N2O3/c1-14(2)24-18-10-6-16(7-11-18)13-21-19(22)20-12-15-4-8-17(23-3)9-5-15/h4-11,14H,12-13H2,1-3H3,(H2,20,21,22). The largest absolute Gasteiger partial charge is 0.497 e. The Kier molecular flexibility index (Phi) is 6.49. The van der Waals surface area contributed by atoms with Crippen LogP contribution in [0, 0.1) is 0 Å². The molecule has 0 heterocycles. The monoisotopic (exact) mass is 328 g/mol. The summed E-state index contributed by atoms with van der Waals surface area (Å²) in [6.07, 6.45) is 0.151. The van der Waals surface area contributed by atoms with Gasteiger partial charge in [0.15, 0.2) is 0 Å². The number of hydrogen-bond donors (Lipinski definition) is 2. The molecule has 0 atom stereocenters. The van der Waals surface area contributed by atoms with E-state index in [0.29, 0.717) is 13.1 Å². The molecule has 0 unspecified atom stereocenters. The van der Waals surface area contributed by atoms with Crippen LogP contribution >= 0.6 is 0 Å². The van der Waals surface area contributed by atoms with Crippen molar-refractivity contribution < 1.29 is 14.3 Å². The quantitative estimate of drug-likeness (QED) is 0.818. The highest BCUT2D eigenvalue weighted by molar-refractivity contribution is 5.73. The molecule has 24 heavy (non-hydrogen) atoms. The predicted octanol–water partition coefficient (Wildman–Crippen LogP) is 3.48. The van der Waals surface area contributed by atoms with Crippen molar-refractivity contribution in [2.45, 2.75) is 33.0 Å². The molecule has 2 N–H and O–H groups in total. The summed E-state index contributed by atoms with van der Waals surface area (Å²) in [4.78, 5) is 11.9. The molecule has 2 aromatic carbocycles. The second kappa shape index (κ2) is 8.82. The van der Waals surface area contributed by atoms with Crippen LogP contribution in [0.25, 0.3) is 0 Å². The number of methoxy groups -OCH3 is 1. The lowest BCUT2D eigenvalue weighted by atomic mass is 10.2. The maximum Gasteiger partial charge on any atom is 0.315 e. The summed E-state index contributed by atoms with van der Waals surface area (Å²) in [6.45, 7) is 4.92. The van der Waals surface area contributed by atoms with Gasteiger partial charge in [-0.25, -0.2) is 4.79 Å². The first-order chi connectivity index (χ1) is 11.6. The number of carbonyl (C=O) groups excluding carboxylic acids is 1. The third-order valence-electron chi connectivity index (χ3n) is 3.36. The summed E-state index contributed by atoms with van der Waals surface area (Å²) >= 11 is 0. The molecule has 0 aromatic heterocycles. The number of hydrogen-bond acceptors (Lipinski definition) is 3. The van der Waals surface area contributed by atoms with Gasteiger partial charge in [-0.2, -0.15) is 0 Å². The van der Waals surface area contributed by atoms with E-state index in [1.54, 1.807) is 7.11 Å². The van der Waals surface area contributed by atoms with Crippen LogP contribution in [-0.2, 0) is 13.1 Å². The summed E-state index contributed by atoms with van der Waals surface area (Å²) in [5.74, 6) is 1.63. The number of carbonyl (C=O) groups is 1. The summed E-state index contributed by atoms with van der Waals surface area (Å²) in [5, 5.41) is 5.67. The molecule has 0 radical (unpaired) electrons. The lowest BCUT2D eigenvalue weighted by Crippen LogP contribution is -2.34. The average Bonchev–Trinajstić information content (AvgIpc) is 2.59. The summed E-state index contributed by atoms with van der Waals surface area (Å²) in [5.41, 5.74) is 2.03. The van der Waals surface area contributed by atoms with Gasteiger partial charge >= 0.3 is 6.03 Å². The van der Waals surface area contributed by atoms with E-state index in [2.05, 4.69) is 10.6 Å². The fourth-order valence-electron chi connectivity index (χ4n) is 2.13. The number of urea groups is 1. The van der Waals surface area contributed by atoms with E-state index < -0.39 is 0 Å². The Labute approximate surface area is 143 Å². The minimum atomic E-state index is -0.201. The highest BCUT2D eigenvalue weighted by Gasteiger charge is 2.02. The lowest BCUT2D eigenvalue weighted by molar-refractivity contribution is 0.240. The van der Waals surface area contributed by atoms with Crippen LogP contribution in [-0.4, -0.2) is 19.2 Å². The third-order valence-corrected chi connectivity index (χ3v) is 3.36. The van der Waals surface area contributed by atoms with Crippen molar-refractivity contribution in [3.63, 3.8) is 0 Å². The van der Waals surface area contributed by atoms with Gasteiger partial charge < -0.3 is 20.1 Å². The van der Waals surface area contributed by atoms with Crippen molar-refractivity contribution in [2.75, 3.05) is 7.11 Å². The maximum absolute atomic E-state index is 11.9. The smallest absolute Gasteiger partial charge is 0.315 e. The van der Waals surface area contributed by atoms with Crippen molar-refractivity contribution in [1.82, 2.24) is 10.6 Å². The molecule has 2 aromatic rings. The Bertz CT molecular complexity index is 637. The molecule has 0 aliphatic carbocycles. The van der Waals surface area contributed by atoms with Gasteiger partial charge in [0.05, 0.1) is 13.2 Å². The molecular formula is C19H24N2O3. The average molecular weight is 328 g/mol. The third kappa shape index (κ3) is 5.83. The van der Waals surface area contributed by atoms with Crippen LogP contribution in [0.1, 0.15) is 25.0 Å². The molecule has 0 saturated heterocycles. The molecule has 0 bridgehead atoms. The number of nitrogens with one attached hydrogen (secondary N) is 2. The normalized spacial score (nSPS) is 10.3. The zero-order valence-corrected chi connectivity index (χ0v) is 14.3. The summed E-state index contributed by atoms with van der Waals surface area (Å²) in [6, 6.07) is 15.1. The van der Waals surface area contributed by atoms with Crippen molar-refractivity contribution in [1.29, 1.82) is 0 Å². The molecule has 128 valence electrons. The van der Waals surface area contributed by atoms with Crippen LogP contribution in [0.3, 0.4) is 0 Å². The minimum absolute atomic E-state index is 0.151. The van der Waals surface area contributed by atoms with Gasteiger partial charge in [0.25, 0.3) is 0 Å². The minimum Gasteiger partial charge on any atom is -0.497 e. The lowest BCUT2D eigenvalue weighted by Gasteiger charge is -2.11. The van der Waals surface area contributed by atoms with E-state index in [-0.39, 0.29) is 12.1 Å². The molecule has 0 spiro atoms. The number of rotatable bonds is 7. The molecule has 5 nitrogen and oxygen atoms in total. The maximum atomic E-state index is 11.9. The zero-order valence-electron chi connectivity index (χ0n) is 14.3. The van der Waals surface area contributed by atoms with E-state index in [1.807, 2.05) is 62.4 Å². The molecular weight excluding hydrogens is 304 g/mol. The number of ether oxygens (including phenoxy) is 2. The Morgan fingerprint density at radius 1 is 0.875 bits per heavy atom. The first-order valence-corrected chi connectivity index (χ1v) is 7.97. The van der Waals surface area contributed by atoms with Gasteiger partial charge in [-0.15, -0.1) is 0 Å². The summed E-state index contributed by atoms with van der Waals surface area (Å²) < 4.78 is 10.7. The summed E-state index contributed by atoms with van der Waals surface area (Å²) in [7, 11) is 1.63. The van der Waals surface area contributed by atoms with Crippen molar-refractivity contribution >= 4 is 6.03 Å². The Morgan fingerprint density at radius 3 is 1.75 bits per heavy atom. The highest BCUT2D eigenvalue weighted by atomic mass is 16.5. The van der Waals surface area contributed by atoms with Gasteiger partial charge in [0.2, 0.25) is 0 Å². The van der Waals surface area contributed by atoms with Crippen molar-refractivity contribution in [3.8, 4) is 11.5 Å². The molecule has 0 aliphatic heterocycles. The topological polar surface area (TPSA) is 59.6 Å². The fraction of sp³-hybridized carbons (Fsp3) is 0.316. The Hall–Kier alpha value is -2.69. The SMILES string of the molecule is COc1ccc(CNC(=O)NCc2ccc(OC(C)C)cc2)cc1. The van der Waals surface area contributed by atoms with Crippen LogP contribution in [0.4, 0.5) is 4.79 Å². The molecule has 0 aliphatic rings. The van der Waals surface area contributed by atoms with Crippen LogP contribution in [0.15, 0.2) is 48.5 Å². The van der Waals surface area contributed by atoms with Crippen molar-refractivity contribution in [3.05, 3.63) is 59.7 Å². The number of benzene rings is 2. The van der Waals surface area contributed by atoms with E-state index >= 15 is 0 Å². The predicted molar refractivity (Wildman–Crippen MR) is 94.3 cm³/mol. The first kappa shape index (κ1) is 17.7. The zero-order chi connectivity index (χ0) is 17.4. The van der Waals surface area contributed by atoms with Gasteiger partial charge in [-0.3, -0.25) is 0 Å². The first-order valence-electron chi connectivity index (χ1n) is 7.97. The molecule has 5 heteroatoms. The highest BCUT2D eigenvalue weighted by Crippen LogP contribution is 2.14. The van der Waals surface area contributed by atoms with Crippen LogP contribution in [0.2, 0.25) is 0 Å². The van der Waals surface area contributed by atoms with Crippen molar-refractivity contribution in [2.24, 2.45) is 0 Å². The van der Waals surface area contributed by atoms with Gasteiger partial charge in [-0.1, -0.05) is 24.3 Å². The van der Waals surface area contributed by atoms with Gasteiger partial charge in [0.1, 0.15) is 11.5 Å². The Balaban J connectivity index is 1.74. The van der Waals surface area contributed by atoms with Gasteiger partial charge in [0, 0.05) is 13.1 Å². The van der Waals surface area contributed by atoms with Gasteiger partial charge in [-0.05, 0) is 49.2 Å². The second-order valence-corrected chi connectivity index (χ2v) is 5.69. The molecule has 0 fully saturated rings. The van der Waals surface area contributed by atoms with E-state index in [0.717, 1.165) is 22.6 Å². The van der Waals surface area contributed by atoms with Crippen LogP contribution < -0.4 is 20.1 Å². The van der Waals surface area contributed by atoms with E-state index in [1.165, 1.54) is 0 Å². The Morgan fingerprint density at radius 2 is 1.33 bits per heavy atom. The number of amides is 2.